The Bertz CT molecular complexity index is 417. The summed E-state index contributed by atoms with van der Waals surface area (Å²) in [4.78, 5) is 6.36. The van der Waals surface area contributed by atoms with E-state index in [9.17, 15) is 5.11 Å². The number of rotatable bonds is 1. The van der Waals surface area contributed by atoms with E-state index < -0.39 is 0 Å². The molecular weight excluding hydrogens is 202 g/mol. The average molecular weight is 217 g/mol. The molecule has 0 saturated carbocycles. The molecule has 4 heteroatoms. The molecule has 1 aliphatic heterocycles. The molecule has 0 spiro atoms. The average Bonchev–Trinajstić information content (AvgIpc) is 2.30. The minimum Gasteiger partial charge on any atom is -0.393 e. The maximum Gasteiger partial charge on any atom is 0.146 e. The third-order valence-electron chi connectivity index (χ3n) is 3.02. The van der Waals surface area contributed by atoms with Crippen LogP contribution in [0.15, 0.2) is 12.3 Å². The van der Waals surface area contributed by atoms with E-state index in [0.29, 0.717) is 5.56 Å². The standard InChI is InChI=1S/C12H15N3O/c1-9-2-5-14-12(11(9)8-13)15-6-3-10(16)4-7-15/h2,5,10,16H,3-4,6-7H2,1H3. The van der Waals surface area contributed by atoms with Crippen molar-refractivity contribution in [3.63, 3.8) is 0 Å². The number of hydrogen-bond donors (Lipinski definition) is 1. The number of aromatic nitrogens is 1. The molecule has 1 aromatic heterocycles. The predicted octanol–water partition coefficient (Wildman–Crippen LogP) is 1.22. The van der Waals surface area contributed by atoms with Gasteiger partial charge in [0.1, 0.15) is 11.9 Å². The number of nitriles is 1. The van der Waals surface area contributed by atoms with Gasteiger partial charge in [-0.1, -0.05) is 0 Å². The van der Waals surface area contributed by atoms with E-state index in [0.717, 1.165) is 37.3 Å². The zero-order valence-electron chi connectivity index (χ0n) is 9.35. The Morgan fingerprint density at radius 2 is 2.19 bits per heavy atom. The van der Waals surface area contributed by atoms with Crippen molar-refractivity contribution in [2.24, 2.45) is 0 Å². The van der Waals surface area contributed by atoms with Crippen molar-refractivity contribution in [1.82, 2.24) is 4.98 Å². The van der Waals surface area contributed by atoms with Gasteiger partial charge in [0.2, 0.25) is 0 Å². The fraction of sp³-hybridized carbons (Fsp3) is 0.500. The van der Waals surface area contributed by atoms with E-state index in [1.165, 1.54) is 0 Å². The first kappa shape index (κ1) is 10.9. The van der Waals surface area contributed by atoms with Crippen molar-refractivity contribution in [1.29, 1.82) is 5.26 Å². The maximum absolute atomic E-state index is 9.44. The number of hydrogen-bond acceptors (Lipinski definition) is 4. The van der Waals surface area contributed by atoms with Gasteiger partial charge in [-0.15, -0.1) is 0 Å². The second-order valence-corrected chi connectivity index (χ2v) is 4.16. The summed E-state index contributed by atoms with van der Waals surface area (Å²) in [5.74, 6) is 0.759. The van der Waals surface area contributed by atoms with Crippen LogP contribution in [0.4, 0.5) is 5.82 Å². The van der Waals surface area contributed by atoms with Crippen LogP contribution in [0, 0.1) is 18.3 Å². The highest BCUT2D eigenvalue weighted by Gasteiger charge is 2.20. The minimum atomic E-state index is -0.202. The summed E-state index contributed by atoms with van der Waals surface area (Å²) in [5, 5.41) is 18.6. The SMILES string of the molecule is Cc1ccnc(N2CCC(O)CC2)c1C#N. The number of anilines is 1. The summed E-state index contributed by atoms with van der Waals surface area (Å²) >= 11 is 0. The molecule has 0 atom stereocenters. The molecule has 0 aliphatic carbocycles. The van der Waals surface area contributed by atoms with Crippen LogP contribution in [0.1, 0.15) is 24.0 Å². The van der Waals surface area contributed by atoms with Gasteiger partial charge < -0.3 is 10.0 Å². The molecule has 0 amide bonds. The van der Waals surface area contributed by atoms with Crippen molar-refractivity contribution in [2.45, 2.75) is 25.9 Å². The third-order valence-corrected chi connectivity index (χ3v) is 3.02. The highest BCUT2D eigenvalue weighted by atomic mass is 16.3. The van der Waals surface area contributed by atoms with Crippen molar-refractivity contribution in [2.75, 3.05) is 18.0 Å². The van der Waals surface area contributed by atoms with Gasteiger partial charge in [-0.25, -0.2) is 4.98 Å². The van der Waals surface area contributed by atoms with Crippen molar-refractivity contribution < 1.29 is 5.11 Å². The molecule has 4 nitrogen and oxygen atoms in total. The summed E-state index contributed by atoms with van der Waals surface area (Å²) in [6.07, 6.45) is 3.03. The number of piperidine rings is 1. The number of pyridine rings is 1. The summed E-state index contributed by atoms with van der Waals surface area (Å²) in [6.45, 7) is 3.46. The van der Waals surface area contributed by atoms with Gasteiger partial charge in [0.25, 0.3) is 0 Å². The van der Waals surface area contributed by atoms with Crippen molar-refractivity contribution in [3.8, 4) is 6.07 Å². The Balaban J connectivity index is 2.27. The van der Waals surface area contributed by atoms with E-state index in [1.807, 2.05) is 13.0 Å². The van der Waals surface area contributed by atoms with Gasteiger partial charge in [0.05, 0.1) is 11.7 Å². The Morgan fingerprint density at radius 3 is 2.81 bits per heavy atom. The van der Waals surface area contributed by atoms with Gasteiger partial charge >= 0.3 is 0 Å². The monoisotopic (exact) mass is 217 g/mol. The molecule has 0 bridgehead atoms. The third kappa shape index (κ3) is 2.00. The number of aliphatic hydroxyl groups is 1. The van der Waals surface area contributed by atoms with Crippen LogP contribution in [-0.2, 0) is 0 Å². The smallest absolute Gasteiger partial charge is 0.146 e. The summed E-state index contributed by atoms with van der Waals surface area (Å²) in [7, 11) is 0. The lowest BCUT2D eigenvalue weighted by molar-refractivity contribution is 0.145. The fourth-order valence-electron chi connectivity index (χ4n) is 2.00. The molecule has 1 aromatic rings. The highest BCUT2D eigenvalue weighted by Crippen LogP contribution is 2.23. The van der Waals surface area contributed by atoms with E-state index in [4.69, 9.17) is 5.26 Å². The van der Waals surface area contributed by atoms with Crippen LogP contribution in [0.5, 0.6) is 0 Å². The van der Waals surface area contributed by atoms with Crippen LogP contribution < -0.4 is 4.90 Å². The Morgan fingerprint density at radius 1 is 1.50 bits per heavy atom. The van der Waals surface area contributed by atoms with E-state index in [1.54, 1.807) is 6.20 Å². The molecule has 0 aromatic carbocycles. The number of nitrogens with zero attached hydrogens (tertiary/aromatic N) is 3. The first-order chi connectivity index (χ1) is 7.72. The van der Waals surface area contributed by atoms with Gasteiger partial charge in [-0.3, -0.25) is 0 Å². The van der Waals surface area contributed by atoms with E-state index in [2.05, 4.69) is 16.0 Å². The fourth-order valence-corrected chi connectivity index (χ4v) is 2.00. The Labute approximate surface area is 95.1 Å². The molecule has 0 unspecified atom stereocenters. The van der Waals surface area contributed by atoms with E-state index in [-0.39, 0.29) is 6.10 Å². The largest absolute Gasteiger partial charge is 0.393 e. The molecule has 2 rings (SSSR count). The van der Waals surface area contributed by atoms with Crippen molar-refractivity contribution >= 4 is 5.82 Å². The molecule has 1 fully saturated rings. The summed E-state index contributed by atoms with van der Waals surface area (Å²) < 4.78 is 0. The van der Waals surface area contributed by atoms with Gasteiger partial charge in [0, 0.05) is 19.3 Å². The van der Waals surface area contributed by atoms with Gasteiger partial charge in [-0.05, 0) is 31.4 Å². The highest BCUT2D eigenvalue weighted by molar-refractivity contribution is 5.57. The lowest BCUT2D eigenvalue weighted by atomic mass is 10.1. The Hall–Kier alpha value is -1.60. The molecular formula is C12H15N3O. The first-order valence-corrected chi connectivity index (χ1v) is 5.51. The lowest BCUT2D eigenvalue weighted by Gasteiger charge is -2.31. The van der Waals surface area contributed by atoms with E-state index >= 15 is 0 Å². The molecule has 1 aliphatic rings. The van der Waals surface area contributed by atoms with Crippen LogP contribution >= 0.6 is 0 Å². The zero-order chi connectivity index (χ0) is 11.5. The summed E-state index contributed by atoms with van der Waals surface area (Å²) in [5.41, 5.74) is 1.61. The van der Waals surface area contributed by atoms with Gasteiger partial charge in [-0.2, -0.15) is 5.26 Å². The second kappa shape index (κ2) is 4.50. The second-order valence-electron chi connectivity index (χ2n) is 4.16. The Kier molecular flexibility index (Phi) is 3.07. The molecule has 2 heterocycles. The van der Waals surface area contributed by atoms with Crippen LogP contribution in [0.2, 0.25) is 0 Å². The lowest BCUT2D eigenvalue weighted by Crippen LogP contribution is -2.36. The van der Waals surface area contributed by atoms with Crippen LogP contribution in [-0.4, -0.2) is 29.3 Å². The summed E-state index contributed by atoms with van der Waals surface area (Å²) in [6, 6.07) is 4.05. The molecule has 1 N–H and O–H groups in total. The predicted molar refractivity (Wildman–Crippen MR) is 61.1 cm³/mol. The molecule has 0 radical (unpaired) electrons. The van der Waals surface area contributed by atoms with Gasteiger partial charge in [0.15, 0.2) is 0 Å². The molecule has 1 saturated heterocycles. The first-order valence-electron chi connectivity index (χ1n) is 5.51. The maximum atomic E-state index is 9.44. The van der Waals surface area contributed by atoms with Crippen LogP contribution in [0.3, 0.4) is 0 Å². The molecule has 84 valence electrons. The minimum absolute atomic E-state index is 0.202. The van der Waals surface area contributed by atoms with Crippen LogP contribution in [0.25, 0.3) is 0 Å². The topological polar surface area (TPSA) is 60.1 Å². The number of aryl methyl sites for hydroxylation is 1. The normalized spacial score (nSPS) is 17.2. The zero-order valence-corrected chi connectivity index (χ0v) is 9.35. The quantitative estimate of drug-likeness (QED) is 0.768. The number of aliphatic hydroxyl groups excluding tert-OH is 1. The van der Waals surface area contributed by atoms with Crippen molar-refractivity contribution in [3.05, 3.63) is 23.4 Å². The molecule has 16 heavy (non-hydrogen) atoms.